The smallest absolute Gasteiger partial charge is 0.319 e. The summed E-state index contributed by atoms with van der Waals surface area (Å²) in [5, 5.41) is 5.70. The number of urea groups is 1. The molecule has 0 atom stereocenters. The number of rotatable bonds is 10. The first kappa shape index (κ1) is 22.2. The Morgan fingerprint density at radius 1 is 1.03 bits per heavy atom. The highest BCUT2D eigenvalue weighted by molar-refractivity contribution is 7.99. The van der Waals surface area contributed by atoms with Gasteiger partial charge in [-0.3, -0.25) is 9.78 Å². The van der Waals surface area contributed by atoms with E-state index in [1.165, 1.54) is 11.8 Å². The molecule has 0 fully saturated rings. The Kier molecular flexibility index (Phi) is 8.30. The van der Waals surface area contributed by atoms with Crippen LogP contribution >= 0.6 is 11.8 Å². The van der Waals surface area contributed by atoms with E-state index in [0.717, 1.165) is 16.2 Å². The summed E-state index contributed by atoms with van der Waals surface area (Å²) in [6.07, 6.45) is 2.01. The predicted molar refractivity (Wildman–Crippen MR) is 122 cm³/mol. The van der Waals surface area contributed by atoms with Gasteiger partial charge in [0.1, 0.15) is 12.4 Å². The Hall–Kier alpha value is -3.52. The van der Waals surface area contributed by atoms with Gasteiger partial charge in [-0.1, -0.05) is 30.3 Å². The lowest BCUT2D eigenvalue weighted by atomic mass is 10.2. The lowest BCUT2D eigenvalue weighted by Crippen LogP contribution is -2.28. The molecule has 0 saturated heterocycles. The summed E-state index contributed by atoms with van der Waals surface area (Å²) in [7, 11) is 0. The van der Waals surface area contributed by atoms with Gasteiger partial charge in [-0.2, -0.15) is 0 Å². The standard InChI is InChI=1S/C23H24N4O3S/c24-22(28)11-13-31-21-10-2-1-9-20(21)27-23(29)26-15-17-6-5-8-19(14-17)30-16-18-7-3-4-12-25-18/h1-10,12,14H,11,13,15-16H2,(H2,24,28)(H2,26,27,29). The third-order valence-corrected chi connectivity index (χ3v) is 5.28. The second-order valence-electron chi connectivity index (χ2n) is 6.63. The molecule has 160 valence electrons. The third kappa shape index (κ3) is 7.67. The van der Waals surface area contributed by atoms with E-state index in [1.54, 1.807) is 6.20 Å². The quantitative estimate of drug-likeness (QED) is 0.417. The van der Waals surface area contributed by atoms with Crippen molar-refractivity contribution in [3.8, 4) is 5.75 Å². The van der Waals surface area contributed by atoms with Crippen LogP contribution in [0.25, 0.3) is 0 Å². The second-order valence-corrected chi connectivity index (χ2v) is 7.76. The van der Waals surface area contributed by atoms with Crippen molar-refractivity contribution in [2.75, 3.05) is 11.1 Å². The Labute approximate surface area is 185 Å². The first-order valence-electron chi connectivity index (χ1n) is 9.77. The van der Waals surface area contributed by atoms with Crippen LogP contribution in [-0.4, -0.2) is 22.7 Å². The number of hydrogen-bond donors (Lipinski definition) is 3. The molecule has 8 heteroatoms. The average molecular weight is 437 g/mol. The molecular formula is C23H24N4O3S. The number of amides is 3. The minimum atomic E-state index is -0.345. The van der Waals surface area contributed by atoms with Gasteiger partial charge in [-0.15, -0.1) is 11.8 Å². The lowest BCUT2D eigenvalue weighted by Gasteiger charge is -2.12. The fourth-order valence-corrected chi connectivity index (χ4v) is 3.66. The molecule has 0 aliphatic heterocycles. The van der Waals surface area contributed by atoms with E-state index in [4.69, 9.17) is 10.5 Å². The van der Waals surface area contributed by atoms with Crippen LogP contribution in [0.3, 0.4) is 0 Å². The molecule has 1 heterocycles. The zero-order valence-electron chi connectivity index (χ0n) is 16.9. The van der Waals surface area contributed by atoms with Crippen molar-refractivity contribution in [3.63, 3.8) is 0 Å². The Morgan fingerprint density at radius 2 is 1.87 bits per heavy atom. The molecule has 7 nitrogen and oxygen atoms in total. The number of para-hydroxylation sites is 1. The number of anilines is 1. The number of nitrogens with one attached hydrogen (secondary N) is 2. The van der Waals surface area contributed by atoms with Gasteiger partial charge in [-0.05, 0) is 42.0 Å². The van der Waals surface area contributed by atoms with Gasteiger partial charge in [0.2, 0.25) is 5.91 Å². The third-order valence-electron chi connectivity index (χ3n) is 4.21. The van der Waals surface area contributed by atoms with Gasteiger partial charge in [-0.25, -0.2) is 4.79 Å². The number of ether oxygens (including phenoxy) is 1. The van der Waals surface area contributed by atoms with Crippen molar-refractivity contribution >= 4 is 29.4 Å². The molecule has 0 bridgehead atoms. The molecule has 0 saturated carbocycles. The minimum absolute atomic E-state index is 0.282. The zero-order chi connectivity index (χ0) is 21.9. The number of thioether (sulfide) groups is 1. The number of primary amides is 1. The van der Waals surface area contributed by atoms with Gasteiger partial charge in [0, 0.05) is 29.8 Å². The molecular weight excluding hydrogens is 412 g/mol. The lowest BCUT2D eigenvalue weighted by molar-refractivity contribution is -0.117. The van der Waals surface area contributed by atoms with Crippen LogP contribution < -0.4 is 21.1 Å². The van der Waals surface area contributed by atoms with E-state index < -0.39 is 0 Å². The number of nitrogens with zero attached hydrogens (tertiary/aromatic N) is 1. The van der Waals surface area contributed by atoms with Gasteiger partial charge < -0.3 is 21.1 Å². The van der Waals surface area contributed by atoms with E-state index >= 15 is 0 Å². The molecule has 0 unspecified atom stereocenters. The molecule has 3 amide bonds. The SMILES string of the molecule is NC(=O)CCSc1ccccc1NC(=O)NCc1cccc(OCc2ccccn2)c1. The second kappa shape index (κ2) is 11.6. The van der Waals surface area contributed by atoms with E-state index in [9.17, 15) is 9.59 Å². The maximum Gasteiger partial charge on any atom is 0.319 e. The maximum atomic E-state index is 12.4. The van der Waals surface area contributed by atoms with Crippen LogP contribution in [0.2, 0.25) is 0 Å². The Bertz CT molecular complexity index is 1010. The fourth-order valence-electron chi connectivity index (χ4n) is 2.69. The van der Waals surface area contributed by atoms with Gasteiger partial charge in [0.05, 0.1) is 11.4 Å². The van der Waals surface area contributed by atoms with Gasteiger partial charge in [0.15, 0.2) is 0 Å². The summed E-state index contributed by atoms with van der Waals surface area (Å²) in [4.78, 5) is 28.4. The van der Waals surface area contributed by atoms with Crippen LogP contribution in [-0.2, 0) is 17.9 Å². The minimum Gasteiger partial charge on any atom is -0.487 e. The highest BCUT2D eigenvalue weighted by atomic mass is 32.2. The largest absolute Gasteiger partial charge is 0.487 e. The van der Waals surface area contributed by atoms with Crippen molar-refractivity contribution in [1.82, 2.24) is 10.3 Å². The molecule has 3 rings (SSSR count). The number of nitrogens with two attached hydrogens (primary N) is 1. The number of carbonyl (C=O) groups is 2. The fraction of sp³-hybridized carbons (Fsp3) is 0.174. The summed E-state index contributed by atoms with van der Waals surface area (Å²) in [5.41, 5.74) is 7.63. The monoisotopic (exact) mass is 436 g/mol. The highest BCUT2D eigenvalue weighted by Gasteiger charge is 2.08. The van der Waals surface area contributed by atoms with E-state index in [2.05, 4.69) is 15.6 Å². The van der Waals surface area contributed by atoms with Gasteiger partial charge in [0.25, 0.3) is 0 Å². The summed E-state index contributed by atoms with van der Waals surface area (Å²) < 4.78 is 5.78. The summed E-state index contributed by atoms with van der Waals surface area (Å²) in [5.74, 6) is 0.921. The number of aromatic nitrogens is 1. The average Bonchev–Trinajstić information content (AvgIpc) is 2.78. The van der Waals surface area contributed by atoms with Crippen LogP contribution in [0.15, 0.2) is 77.8 Å². The van der Waals surface area contributed by atoms with Crippen molar-refractivity contribution < 1.29 is 14.3 Å². The van der Waals surface area contributed by atoms with E-state index in [1.807, 2.05) is 66.7 Å². The summed E-state index contributed by atoms with van der Waals surface area (Å²) >= 11 is 1.47. The molecule has 4 N–H and O–H groups in total. The Balaban J connectivity index is 1.50. The van der Waals surface area contributed by atoms with Crippen LogP contribution in [0, 0.1) is 0 Å². The molecule has 3 aromatic rings. The number of hydrogen-bond acceptors (Lipinski definition) is 5. The molecule has 1 aromatic heterocycles. The summed E-state index contributed by atoms with van der Waals surface area (Å²) in [6.45, 7) is 0.728. The maximum absolute atomic E-state index is 12.4. The first-order valence-corrected chi connectivity index (χ1v) is 10.8. The molecule has 31 heavy (non-hydrogen) atoms. The highest BCUT2D eigenvalue weighted by Crippen LogP contribution is 2.27. The van der Waals surface area contributed by atoms with Crippen molar-refractivity contribution in [2.45, 2.75) is 24.5 Å². The molecule has 0 aliphatic carbocycles. The molecule has 2 aromatic carbocycles. The van der Waals surface area contributed by atoms with E-state index in [-0.39, 0.29) is 18.4 Å². The van der Waals surface area contributed by atoms with Gasteiger partial charge >= 0.3 is 6.03 Å². The topological polar surface area (TPSA) is 106 Å². The summed E-state index contributed by atoms with van der Waals surface area (Å²) in [6, 6.07) is 20.3. The van der Waals surface area contributed by atoms with Crippen molar-refractivity contribution in [1.29, 1.82) is 0 Å². The zero-order valence-corrected chi connectivity index (χ0v) is 17.7. The first-order chi connectivity index (χ1) is 15.1. The number of pyridine rings is 1. The molecule has 0 aliphatic rings. The van der Waals surface area contributed by atoms with Crippen LogP contribution in [0.1, 0.15) is 17.7 Å². The Morgan fingerprint density at radius 3 is 2.68 bits per heavy atom. The van der Waals surface area contributed by atoms with Crippen molar-refractivity contribution in [2.24, 2.45) is 5.73 Å². The predicted octanol–water partition coefficient (Wildman–Crippen LogP) is 3.95. The number of carbonyl (C=O) groups excluding carboxylic acids is 2. The van der Waals surface area contributed by atoms with Crippen molar-refractivity contribution in [3.05, 3.63) is 84.2 Å². The van der Waals surface area contributed by atoms with E-state index in [0.29, 0.717) is 30.3 Å². The number of benzene rings is 2. The molecule has 0 radical (unpaired) electrons. The molecule has 0 spiro atoms. The van der Waals surface area contributed by atoms with Crippen LogP contribution in [0.4, 0.5) is 10.5 Å². The normalized spacial score (nSPS) is 10.3. The van der Waals surface area contributed by atoms with Crippen LogP contribution in [0.5, 0.6) is 5.75 Å².